The van der Waals surface area contributed by atoms with Gasteiger partial charge < -0.3 is 19.7 Å². The molecule has 144 valence electrons. The Labute approximate surface area is 161 Å². The van der Waals surface area contributed by atoms with Gasteiger partial charge in [0.05, 0.1) is 18.0 Å². The number of anilines is 2. The summed E-state index contributed by atoms with van der Waals surface area (Å²) >= 11 is 1.32. The summed E-state index contributed by atoms with van der Waals surface area (Å²) in [7, 11) is 3.08. The molecule has 2 N–H and O–H groups in total. The second-order valence-corrected chi connectivity index (χ2v) is 6.47. The maximum Gasteiger partial charge on any atom is 0.411 e. The van der Waals surface area contributed by atoms with Crippen LogP contribution in [0.15, 0.2) is 41.8 Å². The van der Waals surface area contributed by atoms with Crippen molar-refractivity contribution in [3.8, 4) is 0 Å². The largest absolute Gasteiger partial charge is 0.447 e. The van der Waals surface area contributed by atoms with E-state index in [1.54, 1.807) is 48.8 Å². The third-order valence-corrected chi connectivity index (χ3v) is 4.23. The zero-order valence-electron chi connectivity index (χ0n) is 15.1. The molecule has 9 heteroatoms. The van der Waals surface area contributed by atoms with Gasteiger partial charge in [0.25, 0.3) is 5.91 Å². The fourth-order valence-electron chi connectivity index (χ4n) is 2.12. The predicted octanol–water partition coefficient (Wildman–Crippen LogP) is 2.65. The molecule has 0 bridgehead atoms. The number of amides is 3. The van der Waals surface area contributed by atoms with E-state index in [-0.39, 0.29) is 25.0 Å². The third kappa shape index (κ3) is 6.72. The standard InChI is InChI=1S/C18H21N3O5S/c1-21(17(23)15-7-4-10-27-15)12-16(22)19-13-5-3-6-14(11-13)20-18(24)26-9-8-25-2/h3-7,10-11H,8-9,12H2,1-2H3,(H,19,22)(H,20,24). The third-order valence-electron chi connectivity index (χ3n) is 3.37. The predicted molar refractivity (Wildman–Crippen MR) is 103 cm³/mol. The van der Waals surface area contributed by atoms with Gasteiger partial charge in [-0.05, 0) is 29.6 Å². The van der Waals surface area contributed by atoms with E-state index in [2.05, 4.69) is 10.6 Å². The van der Waals surface area contributed by atoms with Crippen LogP contribution >= 0.6 is 11.3 Å². The van der Waals surface area contributed by atoms with Crippen LogP contribution in [0.25, 0.3) is 0 Å². The van der Waals surface area contributed by atoms with Crippen molar-refractivity contribution in [2.45, 2.75) is 0 Å². The van der Waals surface area contributed by atoms with Crippen LogP contribution in [0.4, 0.5) is 16.2 Å². The molecule has 1 aromatic carbocycles. The van der Waals surface area contributed by atoms with Crippen molar-refractivity contribution in [1.82, 2.24) is 4.90 Å². The Hall–Kier alpha value is -2.91. The van der Waals surface area contributed by atoms with Gasteiger partial charge in [0.15, 0.2) is 0 Å². The van der Waals surface area contributed by atoms with Crippen LogP contribution in [0.3, 0.4) is 0 Å². The molecule has 2 rings (SSSR count). The Morgan fingerprint density at radius 1 is 1.07 bits per heavy atom. The molecule has 0 saturated heterocycles. The van der Waals surface area contributed by atoms with Gasteiger partial charge >= 0.3 is 6.09 Å². The second kappa shape index (κ2) is 10.3. The van der Waals surface area contributed by atoms with Crippen LogP contribution in [-0.4, -0.2) is 56.7 Å². The summed E-state index contributed by atoms with van der Waals surface area (Å²) in [5.41, 5.74) is 0.963. The molecule has 1 heterocycles. The summed E-state index contributed by atoms with van der Waals surface area (Å²) < 4.78 is 9.71. The minimum absolute atomic E-state index is 0.0898. The number of nitrogens with zero attached hydrogens (tertiary/aromatic N) is 1. The Balaban J connectivity index is 1.86. The molecule has 0 aliphatic rings. The monoisotopic (exact) mass is 391 g/mol. The summed E-state index contributed by atoms with van der Waals surface area (Å²) in [4.78, 5) is 37.9. The number of likely N-dealkylation sites (N-methyl/N-ethyl adjacent to an activating group) is 1. The first kappa shape index (κ1) is 20.4. The number of ether oxygens (including phenoxy) is 2. The first-order chi connectivity index (χ1) is 13.0. The van der Waals surface area contributed by atoms with Crippen molar-refractivity contribution in [3.05, 3.63) is 46.7 Å². The molecule has 0 radical (unpaired) electrons. The van der Waals surface area contributed by atoms with E-state index in [1.807, 2.05) is 0 Å². The topological polar surface area (TPSA) is 97.0 Å². The highest BCUT2D eigenvalue weighted by Gasteiger charge is 2.16. The number of nitrogens with one attached hydrogen (secondary N) is 2. The number of thiophene rings is 1. The molecule has 8 nitrogen and oxygen atoms in total. The molecule has 0 unspecified atom stereocenters. The number of carbonyl (C=O) groups is 3. The van der Waals surface area contributed by atoms with Gasteiger partial charge in [-0.3, -0.25) is 14.9 Å². The number of rotatable bonds is 8. The summed E-state index contributed by atoms with van der Waals surface area (Å²) in [6.45, 7) is 0.359. The van der Waals surface area contributed by atoms with Crippen molar-refractivity contribution >= 4 is 40.6 Å². The quantitative estimate of drug-likeness (QED) is 0.675. The van der Waals surface area contributed by atoms with E-state index in [1.165, 1.54) is 23.3 Å². The highest BCUT2D eigenvalue weighted by atomic mass is 32.1. The molecule has 2 aromatic rings. The molecule has 0 aliphatic heterocycles. The molecular weight excluding hydrogens is 370 g/mol. The van der Waals surface area contributed by atoms with Crippen molar-refractivity contribution in [2.24, 2.45) is 0 Å². The van der Waals surface area contributed by atoms with Crippen LogP contribution in [0, 0.1) is 0 Å². The normalized spacial score (nSPS) is 10.1. The van der Waals surface area contributed by atoms with E-state index in [0.717, 1.165) is 0 Å². The van der Waals surface area contributed by atoms with Crippen molar-refractivity contribution in [1.29, 1.82) is 0 Å². The maximum absolute atomic E-state index is 12.2. The Bertz CT molecular complexity index is 779. The number of hydrogen-bond donors (Lipinski definition) is 2. The SMILES string of the molecule is COCCOC(=O)Nc1cccc(NC(=O)CN(C)C(=O)c2cccs2)c1. The lowest BCUT2D eigenvalue weighted by Gasteiger charge is -2.16. The Kier molecular flexibility index (Phi) is 7.78. The van der Waals surface area contributed by atoms with Gasteiger partial charge in [0, 0.05) is 25.5 Å². The molecular formula is C18H21N3O5S. The van der Waals surface area contributed by atoms with Crippen LogP contribution in [0.2, 0.25) is 0 Å². The zero-order chi connectivity index (χ0) is 19.6. The van der Waals surface area contributed by atoms with Crippen molar-refractivity contribution in [2.75, 3.05) is 44.5 Å². The fourth-order valence-corrected chi connectivity index (χ4v) is 2.84. The minimum atomic E-state index is -0.614. The average Bonchev–Trinajstić information content (AvgIpc) is 3.16. The van der Waals surface area contributed by atoms with E-state index in [0.29, 0.717) is 22.9 Å². The lowest BCUT2D eigenvalue weighted by Crippen LogP contribution is -2.34. The van der Waals surface area contributed by atoms with Crippen LogP contribution in [0.1, 0.15) is 9.67 Å². The first-order valence-electron chi connectivity index (χ1n) is 8.11. The minimum Gasteiger partial charge on any atom is -0.447 e. The van der Waals surface area contributed by atoms with E-state index < -0.39 is 6.09 Å². The highest BCUT2D eigenvalue weighted by Crippen LogP contribution is 2.16. The molecule has 3 amide bonds. The van der Waals surface area contributed by atoms with E-state index in [9.17, 15) is 14.4 Å². The zero-order valence-corrected chi connectivity index (χ0v) is 15.9. The first-order valence-corrected chi connectivity index (χ1v) is 8.99. The molecule has 0 saturated carbocycles. The number of benzene rings is 1. The molecule has 0 aliphatic carbocycles. The van der Waals surface area contributed by atoms with E-state index >= 15 is 0 Å². The van der Waals surface area contributed by atoms with Gasteiger partial charge in [-0.2, -0.15) is 0 Å². The molecule has 0 fully saturated rings. The van der Waals surface area contributed by atoms with Gasteiger partial charge in [0.1, 0.15) is 6.61 Å². The number of carbonyl (C=O) groups excluding carboxylic acids is 3. The van der Waals surface area contributed by atoms with Crippen LogP contribution in [0.5, 0.6) is 0 Å². The lowest BCUT2D eigenvalue weighted by atomic mass is 10.2. The van der Waals surface area contributed by atoms with Crippen LogP contribution < -0.4 is 10.6 Å². The maximum atomic E-state index is 12.2. The summed E-state index contributed by atoms with van der Waals surface area (Å²) in [6.07, 6.45) is -0.614. The van der Waals surface area contributed by atoms with Crippen molar-refractivity contribution < 1.29 is 23.9 Å². The number of hydrogen-bond acceptors (Lipinski definition) is 6. The summed E-state index contributed by atoms with van der Waals surface area (Å²) in [6, 6.07) is 10.1. The van der Waals surface area contributed by atoms with Gasteiger partial charge in [-0.1, -0.05) is 12.1 Å². The van der Waals surface area contributed by atoms with E-state index in [4.69, 9.17) is 9.47 Å². The molecule has 0 spiro atoms. The number of methoxy groups -OCH3 is 1. The Morgan fingerprint density at radius 2 is 1.81 bits per heavy atom. The second-order valence-electron chi connectivity index (χ2n) is 5.52. The van der Waals surface area contributed by atoms with Gasteiger partial charge in [0.2, 0.25) is 5.91 Å². The average molecular weight is 391 g/mol. The van der Waals surface area contributed by atoms with Crippen LogP contribution in [-0.2, 0) is 14.3 Å². The molecule has 1 aromatic heterocycles. The highest BCUT2D eigenvalue weighted by molar-refractivity contribution is 7.12. The molecule has 27 heavy (non-hydrogen) atoms. The van der Waals surface area contributed by atoms with Gasteiger partial charge in [-0.25, -0.2) is 4.79 Å². The fraction of sp³-hybridized carbons (Fsp3) is 0.278. The van der Waals surface area contributed by atoms with Crippen molar-refractivity contribution in [3.63, 3.8) is 0 Å². The summed E-state index contributed by atoms with van der Waals surface area (Å²) in [5.74, 6) is -0.559. The smallest absolute Gasteiger partial charge is 0.411 e. The summed E-state index contributed by atoms with van der Waals surface area (Å²) in [5, 5.41) is 7.06. The lowest BCUT2D eigenvalue weighted by molar-refractivity contribution is -0.116. The molecule has 0 atom stereocenters. The van der Waals surface area contributed by atoms with Gasteiger partial charge in [-0.15, -0.1) is 11.3 Å². The Morgan fingerprint density at radius 3 is 2.48 bits per heavy atom.